The number of nitrogens with one attached hydrogen (secondary N) is 1. The van der Waals surface area contributed by atoms with Gasteiger partial charge in [0.2, 0.25) is 5.91 Å². The third-order valence-electron chi connectivity index (χ3n) is 2.62. The van der Waals surface area contributed by atoms with Gasteiger partial charge in [-0.15, -0.1) is 11.3 Å². The van der Waals surface area contributed by atoms with E-state index in [4.69, 9.17) is 4.74 Å². The lowest BCUT2D eigenvalue weighted by molar-refractivity contribution is -0.122. The summed E-state index contributed by atoms with van der Waals surface area (Å²) in [5.41, 5.74) is 0. The minimum atomic E-state index is 0.0875. The molecule has 0 aliphatic carbocycles. The second-order valence-corrected chi connectivity index (χ2v) is 5.11. The molecule has 0 aromatic carbocycles. The Kier molecular flexibility index (Phi) is 7.64. The third-order valence-corrected chi connectivity index (χ3v) is 3.48. The van der Waals surface area contributed by atoms with Gasteiger partial charge >= 0.3 is 0 Å². The van der Waals surface area contributed by atoms with Gasteiger partial charge in [-0.2, -0.15) is 0 Å². The molecule has 1 aromatic rings. The Morgan fingerprint density at radius 1 is 1.56 bits per heavy atom. The van der Waals surface area contributed by atoms with Crippen molar-refractivity contribution in [2.75, 3.05) is 33.4 Å². The van der Waals surface area contributed by atoms with Gasteiger partial charge in [0.25, 0.3) is 0 Å². The maximum atomic E-state index is 11.7. The van der Waals surface area contributed by atoms with Crippen molar-refractivity contribution in [3.8, 4) is 0 Å². The molecule has 18 heavy (non-hydrogen) atoms. The van der Waals surface area contributed by atoms with E-state index >= 15 is 0 Å². The molecule has 0 aliphatic heterocycles. The Hall–Kier alpha value is -0.910. The number of nitrogens with zero attached hydrogens (tertiary/aromatic N) is 1. The Balaban J connectivity index is 2.23. The van der Waals surface area contributed by atoms with Crippen molar-refractivity contribution in [3.05, 3.63) is 22.4 Å². The molecule has 0 saturated heterocycles. The molecule has 0 atom stereocenters. The van der Waals surface area contributed by atoms with E-state index in [-0.39, 0.29) is 5.91 Å². The van der Waals surface area contributed by atoms with E-state index in [0.29, 0.717) is 19.7 Å². The zero-order chi connectivity index (χ0) is 13.2. The Morgan fingerprint density at radius 3 is 3.00 bits per heavy atom. The topological polar surface area (TPSA) is 41.6 Å². The van der Waals surface area contributed by atoms with Crippen LogP contribution < -0.4 is 5.32 Å². The van der Waals surface area contributed by atoms with Crippen molar-refractivity contribution in [2.24, 2.45) is 0 Å². The van der Waals surface area contributed by atoms with Gasteiger partial charge in [-0.3, -0.25) is 9.69 Å². The van der Waals surface area contributed by atoms with E-state index in [2.05, 4.69) is 28.6 Å². The quantitative estimate of drug-likeness (QED) is 0.695. The first kappa shape index (κ1) is 15.1. The molecular formula is C13H22N2O2S. The summed E-state index contributed by atoms with van der Waals surface area (Å²) in [5, 5.41) is 4.97. The molecular weight excluding hydrogens is 248 g/mol. The van der Waals surface area contributed by atoms with Crippen LogP contribution in [-0.4, -0.2) is 44.2 Å². The Labute approximate surface area is 113 Å². The van der Waals surface area contributed by atoms with Crippen LogP contribution in [0.3, 0.4) is 0 Å². The van der Waals surface area contributed by atoms with Crippen LogP contribution in [0, 0.1) is 0 Å². The molecule has 0 spiro atoms. The fraction of sp³-hybridized carbons (Fsp3) is 0.615. The lowest BCUT2D eigenvalue weighted by atomic mass is 10.3. The zero-order valence-corrected chi connectivity index (χ0v) is 12.0. The second kappa shape index (κ2) is 9.08. The van der Waals surface area contributed by atoms with Gasteiger partial charge in [-0.25, -0.2) is 0 Å². The van der Waals surface area contributed by atoms with Crippen LogP contribution in [0.1, 0.15) is 18.2 Å². The summed E-state index contributed by atoms with van der Waals surface area (Å²) in [5.74, 6) is 0.0875. The molecule has 0 unspecified atom stereocenters. The van der Waals surface area contributed by atoms with Gasteiger partial charge in [0.1, 0.15) is 0 Å². The predicted molar refractivity (Wildman–Crippen MR) is 74.8 cm³/mol. The fourth-order valence-electron chi connectivity index (χ4n) is 1.61. The van der Waals surface area contributed by atoms with Crippen molar-refractivity contribution >= 4 is 17.2 Å². The van der Waals surface area contributed by atoms with Crippen molar-refractivity contribution in [3.63, 3.8) is 0 Å². The maximum Gasteiger partial charge on any atom is 0.234 e. The summed E-state index contributed by atoms with van der Waals surface area (Å²) in [6.45, 7) is 5.63. The summed E-state index contributed by atoms with van der Waals surface area (Å²) in [6.07, 6.45) is 0.860. The first-order valence-electron chi connectivity index (χ1n) is 6.26. The number of likely N-dealkylation sites (N-methyl/N-ethyl adjacent to an activating group) is 1. The van der Waals surface area contributed by atoms with E-state index in [1.54, 1.807) is 18.4 Å². The molecule has 102 valence electrons. The van der Waals surface area contributed by atoms with E-state index in [1.807, 2.05) is 6.07 Å². The normalized spacial score (nSPS) is 10.8. The van der Waals surface area contributed by atoms with Crippen LogP contribution in [0.5, 0.6) is 0 Å². The average molecular weight is 270 g/mol. The highest BCUT2D eigenvalue weighted by atomic mass is 32.1. The van der Waals surface area contributed by atoms with Crippen molar-refractivity contribution in [2.45, 2.75) is 19.9 Å². The van der Waals surface area contributed by atoms with Gasteiger partial charge in [-0.05, 0) is 24.4 Å². The Morgan fingerprint density at radius 2 is 2.39 bits per heavy atom. The highest BCUT2D eigenvalue weighted by Crippen LogP contribution is 2.11. The van der Waals surface area contributed by atoms with Gasteiger partial charge in [0, 0.05) is 31.7 Å². The molecule has 4 nitrogen and oxygen atoms in total. The van der Waals surface area contributed by atoms with Crippen molar-refractivity contribution in [1.82, 2.24) is 10.2 Å². The fourth-order valence-corrected chi connectivity index (χ4v) is 2.35. The van der Waals surface area contributed by atoms with Crippen LogP contribution in [-0.2, 0) is 16.1 Å². The summed E-state index contributed by atoms with van der Waals surface area (Å²) < 4.78 is 4.94. The summed E-state index contributed by atoms with van der Waals surface area (Å²) in [7, 11) is 1.67. The van der Waals surface area contributed by atoms with Crippen LogP contribution in [0.4, 0.5) is 0 Å². The van der Waals surface area contributed by atoms with Crippen LogP contribution in [0.25, 0.3) is 0 Å². The lowest BCUT2D eigenvalue weighted by Crippen LogP contribution is -2.37. The summed E-state index contributed by atoms with van der Waals surface area (Å²) >= 11 is 1.73. The third kappa shape index (κ3) is 6.14. The number of hydrogen-bond donors (Lipinski definition) is 1. The SMILES string of the molecule is CCN(CC(=O)NCCCOC)Cc1cccs1. The maximum absolute atomic E-state index is 11.7. The van der Waals surface area contributed by atoms with Crippen LogP contribution >= 0.6 is 11.3 Å². The second-order valence-electron chi connectivity index (χ2n) is 4.08. The van der Waals surface area contributed by atoms with E-state index in [0.717, 1.165) is 19.5 Å². The number of carbonyl (C=O) groups excluding carboxylic acids is 1. The highest BCUT2D eigenvalue weighted by molar-refractivity contribution is 7.09. The molecule has 1 amide bonds. The molecule has 5 heteroatoms. The molecule has 1 heterocycles. The van der Waals surface area contributed by atoms with E-state index in [1.165, 1.54) is 4.88 Å². The number of methoxy groups -OCH3 is 1. The van der Waals surface area contributed by atoms with Crippen molar-refractivity contribution in [1.29, 1.82) is 0 Å². The summed E-state index contributed by atoms with van der Waals surface area (Å²) in [4.78, 5) is 15.1. The van der Waals surface area contributed by atoms with Crippen LogP contribution in [0.2, 0.25) is 0 Å². The molecule has 1 aromatic heterocycles. The zero-order valence-electron chi connectivity index (χ0n) is 11.1. The molecule has 1 rings (SSSR count). The standard InChI is InChI=1S/C13H22N2O2S/c1-3-15(10-12-6-4-9-18-12)11-13(16)14-7-5-8-17-2/h4,6,9H,3,5,7-8,10-11H2,1-2H3,(H,14,16). The number of amides is 1. The predicted octanol–water partition coefficient (Wildman–Crippen LogP) is 1.72. The van der Waals surface area contributed by atoms with E-state index < -0.39 is 0 Å². The van der Waals surface area contributed by atoms with Crippen LogP contribution in [0.15, 0.2) is 17.5 Å². The van der Waals surface area contributed by atoms with Crippen molar-refractivity contribution < 1.29 is 9.53 Å². The first-order chi connectivity index (χ1) is 8.76. The molecule has 0 bridgehead atoms. The molecule has 0 aliphatic rings. The highest BCUT2D eigenvalue weighted by Gasteiger charge is 2.09. The van der Waals surface area contributed by atoms with Gasteiger partial charge in [0.15, 0.2) is 0 Å². The minimum Gasteiger partial charge on any atom is -0.385 e. The number of thiophene rings is 1. The number of ether oxygens (including phenoxy) is 1. The average Bonchev–Trinajstić information content (AvgIpc) is 2.86. The summed E-state index contributed by atoms with van der Waals surface area (Å²) in [6, 6.07) is 4.14. The van der Waals surface area contributed by atoms with Gasteiger partial charge < -0.3 is 10.1 Å². The number of carbonyl (C=O) groups is 1. The monoisotopic (exact) mass is 270 g/mol. The van der Waals surface area contributed by atoms with E-state index in [9.17, 15) is 4.79 Å². The molecule has 0 fully saturated rings. The Bertz CT molecular complexity index is 328. The smallest absolute Gasteiger partial charge is 0.234 e. The molecule has 1 N–H and O–H groups in total. The molecule has 0 radical (unpaired) electrons. The molecule has 0 saturated carbocycles. The number of rotatable bonds is 9. The van der Waals surface area contributed by atoms with Gasteiger partial charge in [0.05, 0.1) is 6.54 Å². The van der Waals surface area contributed by atoms with Gasteiger partial charge in [-0.1, -0.05) is 13.0 Å². The largest absolute Gasteiger partial charge is 0.385 e. The number of hydrogen-bond acceptors (Lipinski definition) is 4. The minimum absolute atomic E-state index is 0.0875. The first-order valence-corrected chi connectivity index (χ1v) is 7.14. The lowest BCUT2D eigenvalue weighted by Gasteiger charge is -2.18.